The number of hydrogen-bond acceptors (Lipinski definition) is 7. The minimum absolute atomic E-state index is 0.0801. The Hall–Kier alpha value is -3.92. The van der Waals surface area contributed by atoms with Crippen molar-refractivity contribution in [1.29, 1.82) is 0 Å². The Balaban J connectivity index is 0.000000455. The Morgan fingerprint density at radius 2 is 1.67 bits per heavy atom. The molecule has 0 saturated heterocycles. The number of Topliss-reactive ketones (excluding diaryl/α,β-unsaturated/α-hetero) is 1. The zero-order valence-corrected chi connectivity index (χ0v) is 22.6. The molecule has 3 unspecified atom stereocenters. The third-order valence-electron chi connectivity index (χ3n) is 7.11. The predicted octanol–water partition coefficient (Wildman–Crippen LogP) is 3.39. The van der Waals surface area contributed by atoms with Crippen LogP contribution in [0, 0.1) is 16.4 Å². The number of ketones is 1. The molecule has 0 radical (unpaired) electrons. The summed E-state index contributed by atoms with van der Waals surface area (Å²) in [6.07, 6.45) is 6.30. The number of carbonyl (C=O) groups excluding carboxylic acids is 1. The summed E-state index contributed by atoms with van der Waals surface area (Å²) < 4.78 is 34.4. The lowest BCUT2D eigenvalue weighted by atomic mass is 9.77. The fraction of sp³-hybridized carbons (Fsp3) is 0.172. The molecule has 0 fully saturated rings. The first-order valence-electron chi connectivity index (χ1n) is 12.1. The van der Waals surface area contributed by atoms with Gasteiger partial charge in [-0.05, 0) is 50.1 Å². The fourth-order valence-electron chi connectivity index (χ4n) is 5.60. The molecule has 10 heteroatoms. The van der Waals surface area contributed by atoms with E-state index in [1.165, 1.54) is 18.6 Å². The second kappa shape index (κ2) is 10.3. The molecule has 0 amide bonds. The van der Waals surface area contributed by atoms with Crippen LogP contribution in [0.2, 0.25) is 5.02 Å². The molecule has 8 nitrogen and oxygen atoms in total. The number of carbonyl (C=O) groups is 1. The largest absolute Gasteiger partial charge is 0.506 e. The molecular weight excluding hydrogens is 538 g/mol. The second-order valence-corrected chi connectivity index (χ2v) is 11.5. The van der Waals surface area contributed by atoms with Crippen LogP contribution in [0.4, 0.5) is 0 Å². The number of fused-ring (bicyclic) bond motifs is 4. The summed E-state index contributed by atoms with van der Waals surface area (Å²) in [7, 11) is -4.34. The van der Waals surface area contributed by atoms with E-state index in [0.29, 0.717) is 22.3 Å². The highest BCUT2D eigenvalue weighted by atomic mass is 35.5. The number of phenols is 1. The third kappa shape index (κ3) is 4.85. The molecule has 0 saturated carbocycles. The maximum absolute atomic E-state index is 14.1. The van der Waals surface area contributed by atoms with Gasteiger partial charge in [-0.15, -0.1) is 5.10 Å². The topological polar surface area (TPSA) is 130 Å². The normalized spacial score (nSPS) is 19.5. The minimum atomic E-state index is -4.34. The van der Waals surface area contributed by atoms with E-state index < -0.39 is 27.2 Å². The Kier molecular flexibility index (Phi) is 7.07. The highest BCUT2D eigenvalue weighted by molar-refractivity contribution is 7.86. The van der Waals surface area contributed by atoms with Gasteiger partial charge in [0.25, 0.3) is 10.1 Å². The van der Waals surface area contributed by atoms with Crippen LogP contribution in [-0.4, -0.2) is 44.3 Å². The van der Waals surface area contributed by atoms with Gasteiger partial charge in [-0.25, -0.2) is 4.98 Å². The SMILES string of the molecule is CC1C=c2ccc3c(c2C(C)C1S(=O)(=O)O)C(=O)C(c1ccc(O)c(Cl)c1)=c1ccccc1=3.c1cnncn1. The summed E-state index contributed by atoms with van der Waals surface area (Å²) in [4.78, 5) is 17.7. The molecule has 198 valence electrons. The molecule has 3 aromatic carbocycles. The van der Waals surface area contributed by atoms with Crippen molar-refractivity contribution in [1.82, 2.24) is 15.2 Å². The van der Waals surface area contributed by atoms with Gasteiger partial charge in [-0.1, -0.05) is 74.0 Å². The van der Waals surface area contributed by atoms with E-state index >= 15 is 0 Å². The van der Waals surface area contributed by atoms with Gasteiger partial charge in [0.1, 0.15) is 12.1 Å². The first-order valence-corrected chi connectivity index (χ1v) is 14.0. The molecule has 4 aromatic rings. The summed E-state index contributed by atoms with van der Waals surface area (Å²) in [5.41, 5.74) is 2.05. The molecule has 39 heavy (non-hydrogen) atoms. The van der Waals surface area contributed by atoms with Crippen LogP contribution < -0.4 is 10.4 Å². The number of rotatable bonds is 2. The van der Waals surface area contributed by atoms with Crippen molar-refractivity contribution in [2.24, 2.45) is 5.92 Å². The van der Waals surface area contributed by atoms with Gasteiger partial charge in [0.2, 0.25) is 0 Å². The number of halogens is 1. The molecular formula is C29H24ClN3O5S. The highest BCUT2D eigenvalue weighted by Gasteiger charge is 2.40. The van der Waals surface area contributed by atoms with E-state index in [4.69, 9.17) is 11.6 Å². The van der Waals surface area contributed by atoms with Crippen molar-refractivity contribution in [3.05, 3.63) is 116 Å². The summed E-state index contributed by atoms with van der Waals surface area (Å²) >= 11 is 6.16. The predicted molar refractivity (Wildman–Crippen MR) is 147 cm³/mol. The van der Waals surface area contributed by atoms with Crippen molar-refractivity contribution in [2.45, 2.75) is 25.0 Å². The van der Waals surface area contributed by atoms with Gasteiger partial charge < -0.3 is 5.11 Å². The third-order valence-corrected chi connectivity index (χ3v) is 8.94. The Labute approximate surface area is 229 Å². The highest BCUT2D eigenvalue weighted by Crippen LogP contribution is 2.36. The van der Waals surface area contributed by atoms with Gasteiger partial charge in [0.15, 0.2) is 5.78 Å². The van der Waals surface area contributed by atoms with Gasteiger partial charge >= 0.3 is 0 Å². The standard InChI is InChI=1S/C26H21ClO5S.C3H3N3/c1-13-11-15-7-9-19-17-5-3-4-6-18(17)23(16-8-10-21(28)20(27)12-16)25(29)24(19)22(15)14(2)26(13)33(30,31)32;1-2-5-6-3-4-1/h3-14,26,28H,1-2H3,(H,30,31,32);1-3H. The molecule has 2 N–H and O–H groups in total. The number of aromatic hydroxyl groups is 1. The number of nitrogens with zero attached hydrogens (tertiary/aromatic N) is 3. The Morgan fingerprint density at radius 3 is 2.26 bits per heavy atom. The van der Waals surface area contributed by atoms with Gasteiger partial charge in [0.05, 0.1) is 16.5 Å². The Bertz CT molecular complexity index is 1910. The molecule has 0 aliphatic heterocycles. The van der Waals surface area contributed by atoms with Gasteiger partial charge in [0, 0.05) is 23.3 Å². The number of hydrogen-bond donors (Lipinski definition) is 2. The Morgan fingerprint density at radius 1 is 0.923 bits per heavy atom. The molecule has 1 heterocycles. The molecule has 6 rings (SSSR count). The zero-order chi connectivity index (χ0) is 27.9. The van der Waals surface area contributed by atoms with Crippen LogP contribution in [-0.2, 0) is 10.1 Å². The zero-order valence-electron chi connectivity index (χ0n) is 21.0. The van der Waals surface area contributed by atoms with E-state index in [-0.39, 0.29) is 16.6 Å². The summed E-state index contributed by atoms with van der Waals surface area (Å²) in [5.74, 6) is -1.33. The average Bonchev–Trinajstić information content (AvgIpc) is 2.91. The van der Waals surface area contributed by atoms with Crippen LogP contribution in [0.5, 0.6) is 5.75 Å². The monoisotopic (exact) mass is 561 g/mol. The van der Waals surface area contributed by atoms with Gasteiger partial charge in [-0.3, -0.25) is 9.35 Å². The van der Waals surface area contributed by atoms with Gasteiger partial charge in [-0.2, -0.15) is 13.5 Å². The minimum Gasteiger partial charge on any atom is -0.506 e. The quantitative estimate of drug-likeness (QED) is 0.356. The van der Waals surface area contributed by atoms with E-state index in [1.807, 2.05) is 36.4 Å². The molecule has 0 spiro atoms. The van der Waals surface area contributed by atoms with Crippen molar-refractivity contribution in [3.8, 4) is 5.75 Å². The van der Waals surface area contributed by atoms with E-state index in [2.05, 4.69) is 15.2 Å². The number of phenolic OH excluding ortho intramolecular Hbond substituents is 1. The first kappa shape index (κ1) is 26.7. The molecule has 2 aliphatic rings. The lowest BCUT2D eigenvalue weighted by Crippen LogP contribution is -2.40. The smallest absolute Gasteiger partial charge is 0.268 e. The molecule has 3 atom stereocenters. The number of aromatic nitrogens is 3. The lowest BCUT2D eigenvalue weighted by Gasteiger charge is -2.32. The van der Waals surface area contributed by atoms with E-state index in [0.717, 1.165) is 20.9 Å². The lowest BCUT2D eigenvalue weighted by molar-refractivity contribution is 0.105. The first-order chi connectivity index (χ1) is 18.6. The van der Waals surface area contributed by atoms with Crippen LogP contribution in [0.1, 0.15) is 41.3 Å². The summed E-state index contributed by atoms with van der Waals surface area (Å²) in [6.45, 7) is 3.50. The maximum Gasteiger partial charge on any atom is 0.268 e. The molecule has 0 bridgehead atoms. The van der Waals surface area contributed by atoms with E-state index in [1.54, 1.807) is 38.3 Å². The number of benzene rings is 3. The molecule has 1 aromatic heterocycles. The van der Waals surface area contributed by atoms with Crippen molar-refractivity contribution in [2.75, 3.05) is 0 Å². The average molecular weight is 562 g/mol. The second-order valence-electron chi connectivity index (χ2n) is 9.49. The van der Waals surface area contributed by atoms with Crippen molar-refractivity contribution < 1.29 is 22.9 Å². The maximum atomic E-state index is 14.1. The van der Waals surface area contributed by atoms with Crippen molar-refractivity contribution >= 4 is 39.2 Å². The van der Waals surface area contributed by atoms with Crippen molar-refractivity contribution in [3.63, 3.8) is 0 Å². The van der Waals surface area contributed by atoms with Crippen LogP contribution >= 0.6 is 11.6 Å². The van der Waals surface area contributed by atoms with Crippen LogP contribution in [0.15, 0.2) is 73.3 Å². The van der Waals surface area contributed by atoms with Crippen LogP contribution in [0.3, 0.4) is 0 Å². The van der Waals surface area contributed by atoms with E-state index in [9.17, 15) is 22.9 Å². The summed E-state index contributed by atoms with van der Waals surface area (Å²) in [6, 6.07) is 16.0. The fourth-order valence-corrected chi connectivity index (χ4v) is 7.06. The summed E-state index contributed by atoms with van der Waals surface area (Å²) in [5, 5.41) is 19.0. The molecule has 2 aliphatic carbocycles. The van der Waals surface area contributed by atoms with Crippen LogP contribution in [0.25, 0.3) is 11.6 Å².